The summed E-state index contributed by atoms with van der Waals surface area (Å²) in [6.07, 6.45) is 1.95. The SMILES string of the molecule is O=C(CNC(=O)c1ccccc1Cl)NCCc1ncn[nH]1. The maximum Gasteiger partial charge on any atom is 0.253 e. The van der Waals surface area contributed by atoms with E-state index < -0.39 is 0 Å². The van der Waals surface area contributed by atoms with Crippen molar-refractivity contribution in [2.75, 3.05) is 13.1 Å². The number of carbonyl (C=O) groups is 2. The zero-order valence-corrected chi connectivity index (χ0v) is 11.9. The van der Waals surface area contributed by atoms with E-state index in [9.17, 15) is 9.59 Å². The summed E-state index contributed by atoms with van der Waals surface area (Å²) in [5.41, 5.74) is 0.341. The van der Waals surface area contributed by atoms with Gasteiger partial charge in [0.15, 0.2) is 0 Å². The zero-order chi connectivity index (χ0) is 15.1. The summed E-state index contributed by atoms with van der Waals surface area (Å²) in [6, 6.07) is 6.65. The quantitative estimate of drug-likeness (QED) is 0.725. The lowest BCUT2D eigenvalue weighted by molar-refractivity contribution is -0.120. The monoisotopic (exact) mass is 307 g/mol. The molecule has 0 aliphatic carbocycles. The minimum absolute atomic E-state index is 0.111. The fourth-order valence-electron chi connectivity index (χ4n) is 1.64. The molecule has 0 fully saturated rings. The molecule has 1 heterocycles. The first kappa shape index (κ1) is 15.0. The van der Waals surface area contributed by atoms with Crippen LogP contribution in [0.3, 0.4) is 0 Å². The molecule has 1 aromatic carbocycles. The van der Waals surface area contributed by atoms with Crippen LogP contribution in [-0.4, -0.2) is 40.1 Å². The molecule has 0 saturated carbocycles. The van der Waals surface area contributed by atoms with E-state index in [0.29, 0.717) is 29.4 Å². The van der Waals surface area contributed by atoms with Gasteiger partial charge in [0.1, 0.15) is 12.2 Å². The summed E-state index contributed by atoms with van der Waals surface area (Å²) in [5.74, 6) is 0.0244. The van der Waals surface area contributed by atoms with Gasteiger partial charge in [-0.15, -0.1) is 0 Å². The molecule has 8 heteroatoms. The number of H-pyrrole nitrogens is 1. The van der Waals surface area contributed by atoms with Crippen molar-refractivity contribution >= 4 is 23.4 Å². The Labute approximate surface area is 126 Å². The Balaban J connectivity index is 1.71. The number of halogens is 1. The van der Waals surface area contributed by atoms with Crippen LogP contribution in [0.1, 0.15) is 16.2 Å². The molecule has 0 spiro atoms. The van der Waals surface area contributed by atoms with Gasteiger partial charge in [-0.3, -0.25) is 14.7 Å². The molecular formula is C13H14ClN5O2. The number of benzene rings is 1. The summed E-state index contributed by atoms with van der Waals surface area (Å²) in [6.45, 7) is 0.302. The molecule has 0 bridgehead atoms. The molecule has 110 valence electrons. The number of aromatic nitrogens is 3. The van der Waals surface area contributed by atoms with Crippen molar-refractivity contribution in [1.29, 1.82) is 0 Å². The maximum atomic E-state index is 11.8. The molecule has 0 saturated heterocycles. The Kier molecular flexibility index (Phi) is 5.28. The molecule has 0 radical (unpaired) electrons. The Hall–Kier alpha value is -2.41. The fourth-order valence-corrected chi connectivity index (χ4v) is 1.86. The Morgan fingerprint density at radius 2 is 2.05 bits per heavy atom. The lowest BCUT2D eigenvalue weighted by atomic mass is 10.2. The third kappa shape index (κ3) is 4.57. The molecule has 0 unspecified atom stereocenters. The maximum absolute atomic E-state index is 11.8. The zero-order valence-electron chi connectivity index (χ0n) is 11.1. The number of hydrogen-bond donors (Lipinski definition) is 3. The third-order valence-electron chi connectivity index (χ3n) is 2.68. The second-order valence-corrected chi connectivity index (χ2v) is 4.60. The van der Waals surface area contributed by atoms with Crippen LogP contribution < -0.4 is 10.6 Å². The molecule has 0 aliphatic heterocycles. The molecule has 2 rings (SSSR count). The Morgan fingerprint density at radius 3 is 2.76 bits per heavy atom. The van der Waals surface area contributed by atoms with Gasteiger partial charge in [-0.2, -0.15) is 5.10 Å². The van der Waals surface area contributed by atoms with Gasteiger partial charge >= 0.3 is 0 Å². The van der Waals surface area contributed by atoms with Crippen LogP contribution in [0.4, 0.5) is 0 Å². The van der Waals surface area contributed by atoms with Gasteiger partial charge in [-0.05, 0) is 12.1 Å². The van der Waals surface area contributed by atoms with Crippen molar-refractivity contribution in [3.63, 3.8) is 0 Å². The second kappa shape index (κ2) is 7.39. The van der Waals surface area contributed by atoms with Gasteiger partial charge in [0.2, 0.25) is 5.91 Å². The first-order chi connectivity index (χ1) is 10.2. The van der Waals surface area contributed by atoms with Gasteiger partial charge in [-0.25, -0.2) is 4.98 Å². The standard InChI is InChI=1S/C13H14ClN5O2/c14-10-4-2-1-3-9(10)13(21)16-7-12(20)15-6-5-11-17-8-18-19-11/h1-4,8H,5-7H2,(H,15,20)(H,16,21)(H,17,18,19). The van der Waals surface area contributed by atoms with Crippen LogP contribution in [0.5, 0.6) is 0 Å². The lowest BCUT2D eigenvalue weighted by Crippen LogP contribution is -2.37. The average Bonchev–Trinajstić information content (AvgIpc) is 2.98. The molecule has 1 aromatic heterocycles. The van der Waals surface area contributed by atoms with Gasteiger partial charge in [0.05, 0.1) is 17.1 Å². The molecule has 2 amide bonds. The van der Waals surface area contributed by atoms with E-state index in [4.69, 9.17) is 11.6 Å². The van der Waals surface area contributed by atoms with Crippen molar-refractivity contribution in [2.45, 2.75) is 6.42 Å². The summed E-state index contributed by atoms with van der Waals surface area (Å²) in [4.78, 5) is 27.4. The predicted octanol–water partition coefficient (Wildman–Crippen LogP) is 0.547. The predicted molar refractivity (Wildman–Crippen MR) is 76.9 cm³/mol. The van der Waals surface area contributed by atoms with Crippen molar-refractivity contribution in [2.24, 2.45) is 0 Å². The van der Waals surface area contributed by atoms with E-state index in [1.54, 1.807) is 24.3 Å². The van der Waals surface area contributed by atoms with E-state index >= 15 is 0 Å². The molecule has 0 atom stereocenters. The average molecular weight is 308 g/mol. The topological polar surface area (TPSA) is 99.8 Å². The normalized spacial score (nSPS) is 10.1. The number of nitrogens with one attached hydrogen (secondary N) is 3. The highest BCUT2D eigenvalue weighted by Crippen LogP contribution is 2.14. The summed E-state index contributed by atoms with van der Waals surface area (Å²) < 4.78 is 0. The van der Waals surface area contributed by atoms with Crippen LogP contribution in [0, 0.1) is 0 Å². The van der Waals surface area contributed by atoms with Crippen LogP contribution in [0.2, 0.25) is 5.02 Å². The molecule has 7 nitrogen and oxygen atoms in total. The first-order valence-corrected chi connectivity index (χ1v) is 6.68. The minimum atomic E-state index is -0.383. The second-order valence-electron chi connectivity index (χ2n) is 4.19. The van der Waals surface area contributed by atoms with Crippen LogP contribution >= 0.6 is 11.6 Å². The van der Waals surface area contributed by atoms with Gasteiger partial charge in [0, 0.05) is 13.0 Å². The van der Waals surface area contributed by atoms with E-state index in [-0.39, 0.29) is 18.4 Å². The first-order valence-electron chi connectivity index (χ1n) is 6.30. The van der Waals surface area contributed by atoms with Crippen molar-refractivity contribution in [3.05, 3.63) is 47.0 Å². The van der Waals surface area contributed by atoms with Crippen molar-refractivity contribution in [1.82, 2.24) is 25.8 Å². The molecule has 0 aliphatic rings. The van der Waals surface area contributed by atoms with Gasteiger partial charge in [0.25, 0.3) is 5.91 Å². The van der Waals surface area contributed by atoms with Gasteiger partial charge < -0.3 is 10.6 Å². The molecule has 2 aromatic rings. The van der Waals surface area contributed by atoms with Crippen LogP contribution in [0.25, 0.3) is 0 Å². The fraction of sp³-hybridized carbons (Fsp3) is 0.231. The molecule has 3 N–H and O–H groups in total. The number of hydrogen-bond acceptors (Lipinski definition) is 4. The van der Waals surface area contributed by atoms with Crippen molar-refractivity contribution in [3.8, 4) is 0 Å². The van der Waals surface area contributed by atoms with Gasteiger partial charge in [-0.1, -0.05) is 23.7 Å². The van der Waals surface area contributed by atoms with E-state index in [1.807, 2.05) is 0 Å². The summed E-state index contributed by atoms with van der Waals surface area (Å²) in [5, 5.41) is 11.9. The molecule has 21 heavy (non-hydrogen) atoms. The van der Waals surface area contributed by atoms with Crippen LogP contribution in [-0.2, 0) is 11.2 Å². The highest BCUT2D eigenvalue weighted by Gasteiger charge is 2.10. The van der Waals surface area contributed by atoms with E-state index in [1.165, 1.54) is 6.33 Å². The number of amides is 2. The number of aromatic amines is 1. The third-order valence-corrected chi connectivity index (χ3v) is 3.01. The number of rotatable bonds is 6. The van der Waals surface area contributed by atoms with Crippen LogP contribution in [0.15, 0.2) is 30.6 Å². The minimum Gasteiger partial charge on any atom is -0.354 e. The Morgan fingerprint density at radius 1 is 1.24 bits per heavy atom. The smallest absolute Gasteiger partial charge is 0.253 e. The lowest BCUT2D eigenvalue weighted by Gasteiger charge is -2.07. The summed E-state index contributed by atoms with van der Waals surface area (Å²) >= 11 is 5.90. The molecular weight excluding hydrogens is 294 g/mol. The van der Waals surface area contributed by atoms with E-state index in [2.05, 4.69) is 25.8 Å². The number of carbonyl (C=O) groups excluding carboxylic acids is 2. The Bertz CT molecular complexity index is 615. The van der Waals surface area contributed by atoms with E-state index in [0.717, 1.165) is 0 Å². The number of nitrogens with zero attached hydrogens (tertiary/aromatic N) is 2. The largest absolute Gasteiger partial charge is 0.354 e. The highest BCUT2D eigenvalue weighted by atomic mass is 35.5. The van der Waals surface area contributed by atoms with Crippen molar-refractivity contribution < 1.29 is 9.59 Å². The summed E-state index contributed by atoms with van der Waals surface area (Å²) in [7, 11) is 0. The highest BCUT2D eigenvalue weighted by molar-refractivity contribution is 6.33.